The molecule has 1 aromatic rings. The van der Waals surface area contributed by atoms with Crippen LogP contribution in [-0.2, 0) is 45.5 Å². The predicted molar refractivity (Wildman–Crippen MR) is 118 cm³/mol. The van der Waals surface area contributed by atoms with Crippen molar-refractivity contribution in [2.75, 3.05) is 25.7 Å². The summed E-state index contributed by atoms with van der Waals surface area (Å²) in [7, 11) is -1.09. The molecule has 9 heteroatoms. The van der Waals surface area contributed by atoms with Gasteiger partial charge in [-0.1, -0.05) is 30.7 Å². The lowest BCUT2D eigenvalue weighted by Crippen LogP contribution is -2.33. The third-order valence-corrected chi connectivity index (χ3v) is 8.04. The Morgan fingerprint density at radius 2 is 1.78 bits per heavy atom. The van der Waals surface area contributed by atoms with Crippen molar-refractivity contribution in [3.05, 3.63) is 35.4 Å². The summed E-state index contributed by atoms with van der Waals surface area (Å²) in [6.45, 7) is 1.67. The van der Waals surface area contributed by atoms with Crippen LogP contribution < -0.4 is 0 Å². The van der Waals surface area contributed by atoms with Crippen LogP contribution in [0.3, 0.4) is 0 Å². The van der Waals surface area contributed by atoms with E-state index in [9.17, 15) is 27.9 Å². The summed E-state index contributed by atoms with van der Waals surface area (Å²) in [5, 5.41) is 9.97. The maximum absolute atomic E-state index is 12.3. The standard InChI is InChI=1S/C23H32O8S/c1-22(21(26)27,18-7-4-6-17(14-18)8-9-19(24)30-2)10-5-11-23(12-13-23)16-32(28,29)15-20(25)31-3/h4,6-7,14H,5,8-13,15-16H2,1-3H3,(H,26,27). The molecule has 1 saturated carbocycles. The molecule has 0 aliphatic heterocycles. The molecular weight excluding hydrogens is 436 g/mol. The minimum atomic E-state index is -3.57. The number of aryl methyl sites for hydroxylation is 1. The second-order valence-corrected chi connectivity index (χ2v) is 10.9. The Kier molecular flexibility index (Phi) is 8.45. The number of aliphatic carboxylic acids is 1. The largest absolute Gasteiger partial charge is 0.481 e. The van der Waals surface area contributed by atoms with Crippen LogP contribution in [0.2, 0.25) is 0 Å². The molecule has 0 spiro atoms. The van der Waals surface area contributed by atoms with E-state index in [1.165, 1.54) is 7.11 Å². The van der Waals surface area contributed by atoms with Gasteiger partial charge in [-0.3, -0.25) is 14.4 Å². The smallest absolute Gasteiger partial charge is 0.320 e. The first-order valence-electron chi connectivity index (χ1n) is 10.6. The maximum Gasteiger partial charge on any atom is 0.320 e. The average Bonchev–Trinajstić information content (AvgIpc) is 3.49. The van der Waals surface area contributed by atoms with Crippen molar-refractivity contribution in [2.45, 2.75) is 57.3 Å². The molecule has 0 aromatic heterocycles. The molecule has 0 radical (unpaired) electrons. The number of sulfone groups is 1. The molecule has 0 bridgehead atoms. The molecule has 1 fully saturated rings. The van der Waals surface area contributed by atoms with Crippen molar-refractivity contribution in [2.24, 2.45) is 5.41 Å². The molecule has 0 amide bonds. The topological polar surface area (TPSA) is 124 Å². The summed E-state index contributed by atoms with van der Waals surface area (Å²) >= 11 is 0. The summed E-state index contributed by atoms with van der Waals surface area (Å²) in [4.78, 5) is 34.9. The van der Waals surface area contributed by atoms with Crippen LogP contribution in [0.4, 0.5) is 0 Å². The molecule has 178 valence electrons. The third kappa shape index (κ3) is 7.05. The van der Waals surface area contributed by atoms with Crippen LogP contribution in [0, 0.1) is 5.41 Å². The fourth-order valence-corrected chi connectivity index (χ4v) is 5.95. The first-order valence-corrected chi connectivity index (χ1v) is 12.4. The third-order valence-electron chi connectivity index (χ3n) is 6.31. The molecular formula is C23H32O8S. The van der Waals surface area contributed by atoms with E-state index in [0.29, 0.717) is 31.2 Å². The van der Waals surface area contributed by atoms with Gasteiger partial charge in [0, 0.05) is 6.42 Å². The van der Waals surface area contributed by atoms with Crippen molar-refractivity contribution in [1.82, 2.24) is 0 Å². The predicted octanol–water partition coefficient (Wildman–Crippen LogP) is 2.67. The van der Waals surface area contributed by atoms with Gasteiger partial charge in [0.2, 0.25) is 0 Å². The quantitative estimate of drug-likeness (QED) is 0.438. The van der Waals surface area contributed by atoms with Crippen LogP contribution in [0.15, 0.2) is 24.3 Å². The van der Waals surface area contributed by atoms with E-state index in [2.05, 4.69) is 9.47 Å². The van der Waals surface area contributed by atoms with Gasteiger partial charge < -0.3 is 14.6 Å². The molecule has 0 heterocycles. The lowest BCUT2D eigenvalue weighted by Gasteiger charge is -2.27. The molecule has 1 aliphatic rings. The number of carboxylic acids is 1. The van der Waals surface area contributed by atoms with E-state index >= 15 is 0 Å². The van der Waals surface area contributed by atoms with E-state index in [4.69, 9.17) is 0 Å². The van der Waals surface area contributed by atoms with Crippen molar-refractivity contribution in [3.63, 3.8) is 0 Å². The highest BCUT2D eigenvalue weighted by Gasteiger charge is 2.46. The van der Waals surface area contributed by atoms with E-state index in [1.807, 2.05) is 12.1 Å². The molecule has 32 heavy (non-hydrogen) atoms. The zero-order chi connectivity index (χ0) is 24.0. The second kappa shape index (κ2) is 10.5. The number of hydrogen-bond donors (Lipinski definition) is 1. The highest BCUT2D eigenvalue weighted by atomic mass is 32.2. The summed E-state index contributed by atoms with van der Waals surface area (Å²) < 4.78 is 33.7. The lowest BCUT2D eigenvalue weighted by atomic mass is 9.77. The number of carboxylic acid groups (broad SMARTS) is 1. The van der Waals surface area contributed by atoms with Crippen LogP contribution >= 0.6 is 0 Å². The Balaban J connectivity index is 2.04. The molecule has 0 saturated heterocycles. The van der Waals surface area contributed by atoms with Crippen LogP contribution in [0.25, 0.3) is 0 Å². The van der Waals surface area contributed by atoms with E-state index in [0.717, 1.165) is 25.5 Å². The highest BCUT2D eigenvalue weighted by Crippen LogP contribution is 2.51. The highest BCUT2D eigenvalue weighted by molar-refractivity contribution is 7.92. The Hall–Kier alpha value is -2.42. The minimum absolute atomic E-state index is 0.0814. The van der Waals surface area contributed by atoms with Gasteiger partial charge in [0.15, 0.2) is 9.84 Å². The maximum atomic E-state index is 12.3. The van der Waals surface area contributed by atoms with E-state index < -0.39 is 32.9 Å². The second-order valence-electron chi connectivity index (χ2n) is 8.88. The van der Waals surface area contributed by atoms with Crippen molar-refractivity contribution in [1.29, 1.82) is 0 Å². The number of carbonyl (C=O) groups is 3. The number of ether oxygens (including phenoxy) is 2. The molecule has 2 rings (SSSR count). The number of hydrogen-bond acceptors (Lipinski definition) is 7. The Morgan fingerprint density at radius 3 is 2.34 bits per heavy atom. The van der Waals surface area contributed by atoms with Gasteiger partial charge in [-0.15, -0.1) is 0 Å². The number of benzene rings is 1. The summed E-state index contributed by atoms with van der Waals surface area (Å²) in [6, 6.07) is 7.21. The Morgan fingerprint density at radius 1 is 1.12 bits per heavy atom. The van der Waals surface area contributed by atoms with Gasteiger partial charge in [-0.2, -0.15) is 0 Å². The number of methoxy groups -OCH3 is 2. The van der Waals surface area contributed by atoms with Gasteiger partial charge >= 0.3 is 17.9 Å². The summed E-state index contributed by atoms with van der Waals surface area (Å²) in [6.07, 6.45) is 3.65. The monoisotopic (exact) mass is 468 g/mol. The zero-order valence-electron chi connectivity index (χ0n) is 18.9. The molecule has 1 N–H and O–H groups in total. The molecule has 1 atom stereocenters. The lowest BCUT2D eigenvalue weighted by molar-refractivity contribution is -0.144. The van der Waals surface area contributed by atoms with Crippen LogP contribution in [0.5, 0.6) is 0 Å². The van der Waals surface area contributed by atoms with Gasteiger partial charge in [0.25, 0.3) is 0 Å². The van der Waals surface area contributed by atoms with Crippen LogP contribution in [-0.4, -0.2) is 57.2 Å². The van der Waals surface area contributed by atoms with Gasteiger partial charge in [0.1, 0.15) is 5.75 Å². The normalized spacial score (nSPS) is 16.6. The van der Waals surface area contributed by atoms with Crippen molar-refractivity contribution in [3.8, 4) is 0 Å². The van der Waals surface area contributed by atoms with Crippen LogP contribution in [0.1, 0.15) is 56.6 Å². The number of carbonyl (C=O) groups excluding carboxylic acids is 2. The first kappa shape index (κ1) is 25.8. The fraction of sp³-hybridized carbons (Fsp3) is 0.609. The minimum Gasteiger partial charge on any atom is -0.481 e. The molecule has 1 unspecified atom stereocenters. The van der Waals surface area contributed by atoms with Gasteiger partial charge in [-0.05, 0) is 55.6 Å². The van der Waals surface area contributed by atoms with Crippen molar-refractivity contribution < 1.29 is 37.4 Å². The average molecular weight is 469 g/mol. The first-order chi connectivity index (χ1) is 15.0. The summed E-state index contributed by atoms with van der Waals surface area (Å²) in [5.74, 6) is -2.76. The fourth-order valence-electron chi connectivity index (χ4n) is 4.01. The molecule has 1 aliphatic carbocycles. The number of esters is 2. The van der Waals surface area contributed by atoms with E-state index in [-0.39, 0.29) is 23.6 Å². The Bertz CT molecular complexity index is 948. The zero-order valence-corrected chi connectivity index (χ0v) is 19.7. The van der Waals surface area contributed by atoms with Gasteiger partial charge in [-0.25, -0.2) is 8.42 Å². The summed E-state index contributed by atoms with van der Waals surface area (Å²) in [5.41, 5.74) is -0.0138. The molecule has 8 nitrogen and oxygen atoms in total. The number of rotatable bonds is 13. The van der Waals surface area contributed by atoms with E-state index in [1.54, 1.807) is 19.1 Å². The Labute approximate surface area is 189 Å². The van der Waals surface area contributed by atoms with Gasteiger partial charge in [0.05, 0.1) is 25.4 Å². The molecule has 1 aromatic carbocycles. The van der Waals surface area contributed by atoms with Crippen molar-refractivity contribution >= 4 is 27.7 Å². The SMILES string of the molecule is COC(=O)CCc1cccc(C(C)(CCCC2(CS(=O)(=O)CC(=O)OC)CC2)C(=O)O)c1.